The number of carbonyl (C=O) groups is 1. The van der Waals surface area contributed by atoms with E-state index in [1.165, 1.54) is 62.8 Å². The fourth-order valence-corrected chi connectivity index (χ4v) is 5.40. The molecule has 5 heteroatoms. The molecule has 0 aromatic carbocycles. The summed E-state index contributed by atoms with van der Waals surface area (Å²) in [5.74, 6) is 1.13. The van der Waals surface area contributed by atoms with Crippen LogP contribution in [0.4, 0.5) is 0 Å². The minimum atomic E-state index is 0.363. The van der Waals surface area contributed by atoms with Crippen molar-refractivity contribution in [3.05, 3.63) is 17.7 Å². The molecular formula is C20H30N4O. The van der Waals surface area contributed by atoms with Crippen molar-refractivity contribution in [1.82, 2.24) is 19.4 Å². The third-order valence-corrected chi connectivity index (χ3v) is 6.88. The Kier molecular flexibility index (Phi) is 4.07. The van der Waals surface area contributed by atoms with Crippen molar-refractivity contribution < 1.29 is 4.79 Å². The Balaban J connectivity index is 1.23. The molecule has 2 aliphatic carbocycles. The van der Waals surface area contributed by atoms with Crippen LogP contribution in [0.3, 0.4) is 0 Å². The zero-order chi connectivity index (χ0) is 16.8. The lowest BCUT2D eigenvalue weighted by Gasteiger charge is -2.44. The highest BCUT2D eigenvalue weighted by atomic mass is 16.2. The maximum absolute atomic E-state index is 13.0. The van der Waals surface area contributed by atoms with Gasteiger partial charge in [-0.25, -0.2) is 4.98 Å². The first-order valence-corrected chi connectivity index (χ1v) is 10.4. The average Bonchev–Trinajstić information content (AvgIpc) is 3.40. The molecule has 136 valence electrons. The van der Waals surface area contributed by atoms with Crippen molar-refractivity contribution in [1.29, 1.82) is 0 Å². The molecule has 1 amide bonds. The fourth-order valence-electron chi connectivity index (χ4n) is 5.40. The highest BCUT2D eigenvalue weighted by Crippen LogP contribution is 2.38. The maximum atomic E-state index is 13.0. The lowest BCUT2D eigenvalue weighted by Crippen LogP contribution is -2.52. The summed E-state index contributed by atoms with van der Waals surface area (Å²) >= 11 is 0. The molecule has 3 fully saturated rings. The number of likely N-dealkylation sites (tertiary alicyclic amines) is 1. The Morgan fingerprint density at radius 3 is 2.80 bits per heavy atom. The van der Waals surface area contributed by atoms with Gasteiger partial charge in [0.15, 0.2) is 0 Å². The Morgan fingerprint density at radius 1 is 1.08 bits per heavy atom. The van der Waals surface area contributed by atoms with E-state index in [2.05, 4.69) is 19.4 Å². The number of imidazole rings is 1. The van der Waals surface area contributed by atoms with Crippen LogP contribution in [0.5, 0.6) is 0 Å². The van der Waals surface area contributed by atoms with E-state index >= 15 is 0 Å². The van der Waals surface area contributed by atoms with E-state index in [1.54, 1.807) is 0 Å². The van der Waals surface area contributed by atoms with E-state index in [0.717, 1.165) is 32.0 Å². The van der Waals surface area contributed by atoms with Crippen LogP contribution in [0.2, 0.25) is 0 Å². The number of carbonyl (C=O) groups excluding carboxylic acids is 1. The number of hydrogen-bond acceptors (Lipinski definition) is 3. The van der Waals surface area contributed by atoms with Gasteiger partial charge >= 0.3 is 0 Å². The quantitative estimate of drug-likeness (QED) is 0.848. The van der Waals surface area contributed by atoms with Gasteiger partial charge in [0, 0.05) is 43.8 Å². The molecule has 4 aliphatic rings. The van der Waals surface area contributed by atoms with Gasteiger partial charge in [0.1, 0.15) is 0 Å². The molecule has 2 atom stereocenters. The van der Waals surface area contributed by atoms with Crippen LogP contribution < -0.4 is 0 Å². The fraction of sp³-hybridized carbons (Fsp3) is 0.800. The second kappa shape index (κ2) is 6.42. The van der Waals surface area contributed by atoms with Crippen molar-refractivity contribution in [3.8, 4) is 0 Å². The van der Waals surface area contributed by atoms with Crippen molar-refractivity contribution in [2.75, 3.05) is 19.6 Å². The first-order chi connectivity index (χ1) is 12.3. The normalized spacial score (nSPS) is 30.0. The zero-order valence-corrected chi connectivity index (χ0v) is 15.2. The molecule has 2 saturated carbocycles. The van der Waals surface area contributed by atoms with E-state index in [0.29, 0.717) is 24.5 Å². The van der Waals surface area contributed by atoms with Gasteiger partial charge in [-0.15, -0.1) is 0 Å². The number of rotatable bonds is 3. The Morgan fingerprint density at radius 2 is 1.92 bits per heavy atom. The van der Waals surface area contributed by atoms with Crippen molar-refractivity contribution in [2.45, 2.75) is 76.4 Å². The highest BCUT2D eigenvalue weighted by molar-refractivity contribution is 5.78. The summed E-state index contributed by atoms with van der Waals surface area (Å²) in [6.07, 6.45) is 13.5. The first kappa shape index (κ1) is 15.9. The van der Waals surface area contributed by atoms with Crippen LogP contribution in [0.1, 0.15) is 68.8 Å². The van der Waals surface area contributed by atoms with E-state index in [9.17, 15) is 4.79 Å². The molecule has 0 radical (unpaired) electrons. The molecule has 2 aliphatic heterocycles. The summed E-state index contributed by atoms with van der Waals surface area (Å²) in [5.41, 5.74) is 2.64. The number of fused-ring (bicyclic) bond motifs is 2. The molecule has 3 heterocycles. The second-order valence-electron chi connectivity index (χ2n) is 8.58. The molecule has 0 N–H and O–H groups in total. The van der Waals surface area contributed by atoms with Crippen LogP contribution in [-0.4, -0.2) is 50.9 Å². The number of aromatic nitrogens is 2. The maximum Gasteiger partial charge on any atom is 0.237 e. The van der Waals surface area contributed by atoms with E-state index in [1.807, 2.05) is 6.33 Å². The lowest BCUT2D eigenvalue weighted by atomic mass is 9.78. The van der Waals surface area contributed by atoms with Crippen LogP contribution in [0, 0.1) is 5.92 Å². The predicted octanol–water partition coefficient (Wildman–Crippen LogP) is 2.76. The third-order valence-electron chi connectivity index (χ3n) is 6.88. The molecule has 0 spiro atoms. The average molecular weight is 342 g/mol. The minimum absolute atomic E-state index is 0.363. The lowest BCUT2D eigenvalue weighted by molar-refractivity contribution is -0.139. The van der Waals surface area contributed by atoms with Gasteiger partial charge in [0.2, 0.25) is 5.91 Å². The van der Waals surface area contributed by atoms with Gasteiger partial charge in [0.05, 0.1) is 18.6 Å². The van der Waals surface area contributed by atoms with Crippen LogP contribution >= 0.6 is 0 Å². The molecule has 5 rings (SSSR count). The summed E-state index contributed by atoms with van der Waals surface area (Å²) < 4.78 is 2.39. The Labute approximate surface area is 150 Å². The first-order valence-electron chi connectivity index (χ1n) is 10.4. The molecule has 1 saturated heterocycles. The van der Waals surface area contributed by atoms with E-state index in [4.69, 9.17) is 0 Å². The molecule has 1 aromatic rings. The second-order valence-corrected chi connectivity index (χ2v) is 8.58. The summed E-state index contributed by atoms with van der Waals surface area (Å²) in [6, 6.07) is 1.24. The monoisotopic (exact) mass is 342 g/mol. The molecule has 1 aromatic heterocycles. The van der Waals surface area contributed by atoms with Gasteiger partial charge in [-0.1, -0.05) is 12.8 Å². The van der Waals surface area contributed by atoms with Gasteiger partial charge in [-0.3, -0.25) is 9.69 Å². The van der Waals surface area contributed by atoms with Gasteiger partial charge in [-0.2, -0.15) is 0 Å². The zero-order valence-electron chi connectivity index (χ0n) is 15.2. The topological polar surface area (TPSA) is 41.4 Å². The smallest absolute Gasteiger partial charge is 0.237 e. The van der Waals surface area contributed by atoms with E-state index < -0.39 is 0 Å². The third kappa shape index (κ3) is 3.01. The minimum Gasteiger partial charge on any atom is -0.338 e. The van der Waals surface area contributed by atoms with Crippen molar-refractivity contribution >= 4 is 5.91 Å². The van der Waals surface area contributed by atoms with Gasteiger partial charge < -0.3 is 9.47 Å². The summed E-state index contributed by atoms with van der Waals surface area (Å²) in [4.78, 5) is 22.2. The summed E-state index contributed by atoms with van der Waals surface area (Å²) in [6.45, 7) is 3.41. The number of hydrogen-bond donors (Lipinski definition) is 0. The Bertz CT molecular complexity index is 648. The molecule has 0 unspecified atom stereocenters. The SMILES string of the molecule is O=C(CN1CCc2c(ncn2C2CC2)C1)N1CCC[C@@H]2CCCC[C@@H]21. The summed E-state index contributed by atoms with van der Waals surface area (Å²) in [7, 11) is 0. The standard InChI is InChI=1S/C20H30N4O/c25-20(23-10-3-5-15-4-1-2-6-18(15)23)13-22-11-9-19-17(12-22)21-14-24(19)16-7-8-16/h14-16,18H,1-13H2/t15-,18-/m0/s1. The van der Waals surface area contributed by atoms with Gasteiger partial charge in [-0.05, 0) is 44.4 Å². The predicted molar refractivity (Wildman–Crippen MR) is 96.2 cm³/mol. The largest absolute Gasteiger partial charge is 0.338 e. The van der Waals surface area contributed by atoms with Crippen LogP contribution in [0.15, 0.2) is 6.33 Å². The molecule has 5 nitrogen and oxygen atoms in total. The van der Waals surface area contributed by atoms with Crippen LogP contribution in [-0.2, 0) is 17.8 Å². The van der Waals surface area contributed by atoms with Crippen LogP contribution in [0.25, 0.3) is 0 Å². The molecular weight excluding hydrogens is 312 g/mol. The highest BCUT2D eigenvalue weighted by Gasteiger charge is 2.36. The number of piperidine rings is 1. The van der Waals surface area contributed by atoms with Gasteiger partial charge in [0.25, 0.3) is 0 Å². The molecule has 25 heavy (non-hydrogen) atoms. The summed E-state index contributed by atoms with van der Waals surface area (Å²) in [5, 5.41) is 0. The Hall–Kier alpha value is -1.36. The van der Waals surface area contributed by atoms with E-state index in [-0.39, 0.29) is 0 Å². The number of nitrogens with zero attached hydrogens (tertiary/aromatic N) is 4. The molecule has 0 bridgehead atoms. The van der Waals surface area contributed by atoms with Crippen molar-refractivity contribution in [3.63, 3.8) is 0 Å². The number of amides is 1. The van der Waals surface area contributed by atoms with Crippen molar-refractivity contribution in [2.24, 2.45) is 5.92 Å².